The maximum Gasteiger partial charge on any atom is 0.416 e. The average molecular weight is 531 g/mol. The zero-order valence-electron chi connectivity index (χ0n) is 20.9. The Labute approximate surface area is 217 Å². The second-order valence-electron chi connectivity index (χ2n) is 9.78. The molecule has 1 atom stereocenters. The first kappa shape index (κ1) is 27.0. The Balaban J connectivity index is 1.90. The average Bonchev–Trinajstić information content (AvgIpc) is 2.86. The van der Waals surface area contributed by atoms with Crippen LogP contribution in [0, 0.1) is 5.82 Å². The normalized spacial score (nSPS) is 14.0. The number of carbonyl (C=O) groups excluding carboxylic acids is 2. The van der Waals surface area contributed by atoms with Crippen LogP contribution in [-0.2, 0) is 11.0 Å². The summed E-state index contributed by atoms with van der Waals surface area (Å²) in [5.41, 5.74) is -1.64. The van der Waals surface area contributed by atoms with Crippen molar-refractivity contribution < 1.29 is 36.6 Å². The number of nitrogens with zero attached hydrogens (tertiary/aromatic N) is 1. The minimum atomic E-state index is -4.69. The van der Waals surface area contributed by atoms with Crippen molar-refractivity contribution in [2.24, 2.45) is 0 Å². The van der Waals surface area contributed by atoms with Gasteiger partial charge in [-0.1, -0.05) is 18.2 Å². The van der Waals surface area contributed by atoms with Gasteiger partial charge in [0, 0.05) is 16.8 Å². The minimum Gasteiger partial charge on any atom is -0.486 e. The fraction of sp³-hybridized carbons (Fsp3) is 0.286. The Morgan fingerprint density at radius 1 is 0.895 bits per heavy atom. The molecule has 0 fully saturated rings. The summed E-state index contributed by atoms with van der Waals surface area (Å²) < 4.78 is 65.8. The first-order valence-corrected chi connectivity index (χ1v) is 11.8. The molecule has 0 radical (unpaired) electrons. The Bertz CT molecular complexity index is 1330. The monoisotopic (exact) mass is 530 g/mol. The number of benzene rings is 3. The molecule has 1 heterocycles. The number of anilines is 1. The van der Waals surface area contributed by atoms with E-state index in [4.69, 9.17) is 9.47 Å². The highest BCUT2D eigenvalue weighted by atomic mass is 19.4. The van der Waals surface area contributed by atoms with E-state index in [2.05, 4.69) is 5.32 Å². The number of amides is 2. The first-order valence-electron chi connectivity index (χ1n) is 11.8. The molecule has 2 amide bonds. The van der Waals surface area contributed by atoms with Crippen molar-refractivity contribution in [3.05, 3.63) is 89.2 Å². The van der Waals surface area contributed by atoms with Gasteiger partial charge in [0.25, 0.3) is 5.91 Å². The molecule has 0 unspecified atom stereocenters. The lowest BCUT2D eigenvalue weighted by atomic mass is 9.99. The second kappa shape index (κ2) is 10.4. The molecule has 3 aromatic carbocycles. The van der Waals surface area contributed by atoms with E-state index in [1.54, 1.807) is 20.8 Å². The minimum absolute atomic E-state index is 0.0577. The lowest BCUT2D eigenvalue weighted by Gasteiger charge is -2.34. The topological polar surface area (TPSA) is 67.9 Å². The molecule has 6 nitrogen and oxygen atoms in total. The summed E-state index contributed by atoms with van der Waals surface area (Å²) in [4.78, 5) is 28.7. The van der Waals surface area contributed by atoms with Crippen molar-refractivity contribution >= 4 is 17.5 Å². The molecule has 4 rings (SSSR count). The molecule has 0 saturated carbocycles. The van der Waals surface area contributed by atoms with Gasteiger partial charge in [0.15, 0.2) is 11.5 Å². The summed E-state index contributed by atoms with van der Waals surface area (Å²) in [5, 5.41) is 2.79. The number of hydrogen-bond acceptors (Lipinski definition) is 4. The summed E-state index contributed by atoms with van der Waals surface area (Å²) in [5.74, 6) is -1.29. The number of halogens is 4. The van der Waals surface area contributed by atoms with Crippen molar-refractivity contribution in [3.63, 3.8) is 0 Å². The predicted octanol–water partition coefficient (Wildman–Crippen LogP) is 5.92. The summed E-state index contributed by atoms with van der Waals surface area (Å²) in [6.07, 6.45) is -4.69. The van der Waals surface area contributed by atoms with E-state index in [0.717, 1.165) is 35.2 Å². The van der Waals surface area contributed by atoms with Crippen LogP contribution in [0.2, 0.25) is 0 Å². The molecule has 0 aliphatic carbocycles. The molecular weight excluding hydrogens is 504 g/mol. The number of hydrogen-bond donors (Lipinski definition) is 1. The van der Waals surface area contributed by atoms with E-state index >= 15 is 0 Å². The lowest BCUT2D eigenvalue weighted by molar-refractivity contribution is -0.137. The van der Waals surface area contributed by atoms with Crippen LogP contribution in [0.1, 0.15) is 48.3 Å². The van der Waals surface area contributed by atoms with Gasteiger partial charge in [-0.15, -0.1) is 0 Å². The van der Waals surface area contributed by atoms with Gasteiger partial charge < -0.3 is 14.8 Å². The Morgan fingerprint density at radius 2 is 1.55 bits per heavy atom. The highest BCUT2D eigenvalue weighted by molar-refractivity contribution is 6.10. The number of nitrogens with one attached hydrogen (secondary N) is 1. The van der Waals surface area contributed by atoms with Crippen LogP contribution in [0.3, 0.4) is 0 Å². The molecule has 0 bridgehead atoms. The first-order chi connectivity index (χ1) is 17.8. The third-order valence-corrected chi connectivity index (χ3v) is 5.65. The van der Waals surface area contributed by atoms with Gasteiger partial charge in [0.1, 0.15) is 25.1 Å². The zero-order valence-corrected chi connectivity index (χ0v) is 20.9. The summed E-state index contributed by atoms with van der Waals surface area (Å²) in [6.45, 7) is 5.77. The van der Waals surface area contributed by atoms with Crippen molar-refractivity contribution in [3.8, 4) is 11.5 Å². The second-order valence-corrected chi connectivity index (χ2v) is 9.78. The van der Waals surface area contributed by atoms with Gasteiger partial charge in [-0.2, -0.15) is 13.2 Å². The van der Waals surface area contributed by atoms with E-state index in [9.17, 15) is 27.2 Å². The maximum atomic E-state index is 14.0. The number of fused-ring (bicyclic) bond motifs is 1. The standard InChI is InChI=1S/C28H26F4N2O4/c1-27(2,3)33-25(35)24(17-7-10-20(29)11-8-17)34(21-6-4-5-19(16-21)28(30,31)32)26(36)18-9-12-22-23(15-18)38-14-13-37-22/h4-12,15-16,24H,13-14H2,1-3H3,(H,33,35)/t24-/m0/s1. The van der Waals surface area contributed by atoms with E-state index in [1.165, 1.54) is 36.4 Å². The lowest BCUT2D eigenvalue weighted by Crippen LogP contribution is -2.49. The fourth-order valence-electron chi connectivity index (χ4n) is 4.03. The quantitative estimate of drug-likeness (QED) is 0.416. The number of carbonyl (C=O) groups is 2. The van der Waals surface area contributed by atoms with Crippen LogP contribution in [-0.4, -0.2) is 30.6 Å². The van der Waals surface area contributed by atoms with Crippen molar-refractivity contribution in [1.82, 2.24) is 5.32 Å². The summed E-state index contributed by atoms with van der Waals surface area (Å²) in [6, 6.07) is 12.0. The number of alkyl halides is 3. The van der Waals surface area contributed by atoms with Crippen LogP contribution in [0.25, 0.3) is 0 Å². The SMILES string of the molecule is CC(C)(C)NC(=O)[C@H](c1ccc(F)cc1)N(C(=O)c1ccc2c(c1)OCCO2)c1cccc(C(F)(F)F)c1. The number of ether oxygens (including phenoxy) is 2. The molecule has 1 N–H and O–H groups in total. The predicted molar refractivity (Wildman–Crippen MR) is 133 cm³/mol. The maximum absolute atomic E-state index is 14.0. The molecule has 1 aliphatic heterocycles. The summed E-state index contributed by atoms with van der Waals surface area (Å²) >= 11 is 0. The van der Waals surface area contributed by atoms with Gasteiger partial charge in [0.2, 0.25) is 5.91 Å². The van der Waals surface area contributed by atoms with E-state index in [0.29, 0.717) is 18.1 Å². The zero-order chi connectivity index (χ0) is 27.7. The molecule has 38 heavy (non-hydrogen) atoms. The van der Waals surface area contributed by atoms with Crippen LogP contribution in [0.15, 0.2) is 66.7 Å². The van der Waals surface area contributed by atoms with Crippen LogP contribution in [0.5, 0.6) is 11.5 Å². The van der Waals surface area contributed by atoms with Gasteiger partial charge in [0.05, 0.1) is 5.56 Å². The van der Waals surface area contributed by atoms with Gasteiger partial charge in [-0.3, -0.25) is 14.5 Å². The van der Waals surface area contributed by atoms with E-state index in [1.807, 2.05) is 0 Å². The van der Waals surface area contributed by atoms with Gasteiger partial charge in [-0.25, -0.2) is 4.39 Å². The highest BCUT2D eigenvalue weighted by Gasteiger charge is 2.37. The van der Waals surface area contributed by atoms with Crippen LogP contribution in [0.4, 0.5) is 23.2 Å². The summed E-state index contributed by atoms with van der Waals surface area (Å²) in [7, 11) is 0. The fourth-order valence-corrected chi connectivity index (χ4v) is 4.03. The van der Waals surface area contributed by atoms with E-state index in [-0.39, 0.29) is 23.4 Å². The van der Waals surface area contributed by atoms with Gasteiger partial charge in [-0.05, 0) is 74.9 Å². The Morgan fingerprint density at radius 3 is 2.18 bits per heavy atom. The van der Waals surface area contributed by atoms with Gasteiger partial charge >= 0.3 is 6.18 Å². The molecular formula is C28H26F4N2O4. The van der Waals surface area contributed by atoms with Crippen molar-refractivity contribution in [2.45, 2.75) is 38.5 Å². The largest absolute Gasteiger partial charge is 0.486 e. The van der Waals surface area contributed by atoms with Crippen LogP contribution < -0.4 is 19.7 Å². The third-order valence-electron chi connectivity index (χ3n) is 5.65. The van der Waals surface area contributed by atoms with Crippen molar-refractivity contribution in [2.75, 3.05) is 18.1 Å². The Kier molecular flexibility index (Phi) is 7.35. The van der Waals surface area contributed by atoms with Crippen molar-refractivity contribution in [1.29, 1.82) is 0 Å². The van der Waals surface area contributed by atoms with E-state index < -0.39 is 41.0 Å². The molecule has 0 aromatic heterocycles. The molecule has 10 heteroatoms. The highest BCUT2D eigenvalue weighted by Crippen LogP contribution is 2.37. The molecule has 0 saturated heterocycles. The smallest absolute Gasteiger partial charge is 0.416 e. The number of rotatable bonds is 5. The third kappa shape index (κ3) is 6.07. The Hall–Kier alpha value is -4.08. The molecule has 200 valence electrons. The molecule has 3 aromatic rings. The molecule has 0 spiro atoms. The molecule has 1 aliphatic rings. The van der Waals surface area contributed by atoms with Crippen LogP contribution >= 0.6 is 0 Å².